The molecule has 2 unspecified atom stereocenters. The largest absolute Gasteiger partial charge is 0.315 e. The van der Waals surface area contributed by atoms with Crippen LogP contribution in [-0.4, -0.2) is 36.6 Å². The lowest BCUT2D eigenvalue weighted by atomic mass is 9.85. The molecule has 1 aliphatic heterocycles. The summed E-state index contributed by atoms with van der Waals surface area (Å²) in [6.07, 6.45) is 8.45. The molecule has 0 bridgehead atoms. The molecule has 0 aromatic rings. The maximum Gasteiger partial charge on any atom is 0.0235 e. The van der Waals surface area contributed by atoms with E-state index in [2.05, 4.69) is 31.0 Å². The molecule has 1 saturated heterocycles. The van der Waals surface area contributed by atoms with Crippen molar-refractivity contribution in [1.82, 2.24) is 10.2 Å². The van der Waals surface area contributed by atoms with Gasteiger partial charge in [-0.15, -0.1) is 0 Å². The quantitative estimate of drug-likeness (QED) is 0.760. The molecule has 2 aliphatic rings. The van der Waals surface area contributed by atoms with Crippen molar-refractivity contribution in [3.63, 3.8) is 0 Å². The second-order valence-corrected chi connectivity index (χ2v) is 6.73. The molecule has 2 atom stereocenters. The SMILES string of the molecule is CCN(C1CCCC(C)(C)CC1)C1CCNC1. The van der Waals surface area contributed by atoms with Crippen molar-refractivity contribution >= 4 is 0 Å². The lowest BCUT2D eigenvalue weighted by Crippen LogP contribution is -2.44. The highest BCUT2D eigenvalue weighted by molar-refractivity contribution is 4.87. The molecule has 2 fully saturated rings. The first-order valence-corrected chi connectivity index (χ1v) is 7.59. The molecule has 1 N–H and O–H groups in total. The van der Waals surface area contributed by atoms with Gasteiger partial charge in [0.1, 0.15) is 0 Å². The van der Waals surface area contributed by atoms with Gasteiger partial charge in [-0.1, -0.05) is 27.2 Å². The molecule has 0 spiro atoms. The Morgan fingerprint density at radius 2 is 1.94 bits per heavy atom. The van der Waals surface area contributed by atoms with Crippen molar-refractivity contribution in [2.75, 3.05) is 19.6 Å². The van der Waals surface area contributed by atoms with E-state index < -0.39 is 0 Å². The van der Waals surface area contributed by atoms with Crippen molar-refractivity contribution in [3.8, 4) is 0 Å². The zero-order chi connectivity index (χ0) is 12.3. The maximum absolute atomic E-state index is 3.52. The molecule has 1 saturated carbocycles. The smallest absolute Gasteiger partial charge is 0.0235 e. The molecule has 0 radical (unpaired) electrons. The summed E-state index contributed by atoms with van der Waals surface area (Å²) in [5, 5.41) is 3.52. The third-order valence-corrected chi connectivity index (χ3v) is 4.88. The van der Waals surface area contributed by atoms with Crippen molar-refractivity contribution < 1.29 is 0 Å². The van der Waals surface area contributed by atoms with Crippen LogP contribution >= 0.6 is 0 Å². The van der Waals surface area contributed by atoms with E-state index in [1.165, 1.54) is 58.2 Å². The summed E-state index contributed by atoms with van der Waals surface area (Å²) in [6.45, 7) is 10.9. The molecule has 0 aromatic heterocycles. The van der Waals surface area contributed by atoms with E-state index in [9.17, 15) is 0 Å². The molecule has 100 valence electrons. The summed E-state index contributed by atoms with van der Waals surface area (Å²) >= 11 is 0. The Balaban J connectivity index is 1.94. The summed E-state index contributed by atoms with van der Waals surface area (Å²) in [7, 11) is 0. The maximum atomic E-state index is 3.52. The van der Waals surface area contributed by atoms with E-state index in [-0.39, 0.29) is 0 Å². The molecule has 0 amide bonds. The van der Waals surface area contributed by atoms with Gasteiger partial charge >= 0.3 is 0 Å². The van der Waals surface area contributed by atoms with Gasteiger partial charge in [0, 0.05) is 18.6 Å². The zero-order valence-corrected chi connectivity index (χ0v) is 12.0. The van der Waals surface area contributed by atoms with E-state index in [0.717, 1.165) is 12.1 Å². The molecule has 0 aromatic carbocycles. The van der Waals surface area contributed by atoms with E-state index in [4.69, 9.17) is 0 Å². The molecule has 1 aliphatic carbocycles. The normalized spacial score (nSPS) is 33.9. The fourth-order valence-corrected chi connectivity index (χ4v) is 3.71. The third-order valence-electron chi connectivity index (χ3n) is 4.88. The Morgan fingerprint density at radius 3 is 2.59 bits per heavy atom. The van der Waals surface area contributed by atoms with Crippen LogP contribution in [0.25, 0.3) is 0 Å². The topological polar surface area (TPSA) is 15.3 Å². The van der Waals surface area contributed by atoms with E-state index in [0.29, 0.717) is 5.41 Å². The number of hydrogen-bond donors (Lipinski definition) is 1. The summed E-state index contributed by atoms with van der Waals surface area (Å²) in [5.41, 5.74) is 0.585. The van der Waals surface area contributed by atoms with Gasteiger partial charge < -0.3 is 5.32 Å². The number of nitrogens with one attached hydrogen (secondary N) is 1. The van der Waals surface area contributed by atoms with Crippen molar-refractivity contribution in [2.24, 2.45) is 5.41 Å². The number of hydrogen-bond acceptors (Lipinski definition) is 2. The Labute approximate surface area is 107 Å². The van der Waals surface area contributed by atoms with Crippen molar-refractivity contribution in [1.29, 1.82) is 0 Å². The highest BCUT2D eigenvalue weighted by Crippen LogP contribution is 2.36. The van der Waals surface area contributed by atoms with E-state index in [1.807, 2.05) is 0 Å². The number of nitrogens with zero attached hydrogens (tertiary/aromatic N) is 1. The van der Waals surface area contributed by atoms with Crippen molar-refractivity contribution in [3.05, 3.63) is 0 Å². The number of likely N-dealkylation sites (N-methyl/N-ethyl adjacent to an activating group) is 1. The second kappa shape index (κ2) is 5.71. The van der Waals surface area contributed by atoms with Gasteiger partial charge in [0.05, 0.1) is 0 Å². The summed E-state index contributed by atoms with van der Waals surface area (Å²) in [5.74, 6) is 0. The molecule has 2 rings (SSSR count). The Morgan fingerprint density at radius 1 is 1.12 bits per heavy atom. The predicted molar refractivity (Wildman–Crippen MR) is 74.3 cm³/mol. The molecule has 2 nitrogen and oxygen atoms in total. The van der Waals surface area contributed by atoms with Crippen LogP contribution in [0.4, 0.5) is 0 Å². The third kappa shape index (κ3) is 3.45. The summed E-state index contributed by atoms with van der Waals surface area (Å²) in [6, 6.07) is 1.66. The molecule has 2 heteroatoms. The van der Waals surface area contributed by atoms with Crippen LogP contribution in [0.15, 0.2) is 0 Å². The molecular formula is C15H30N2. The van der Waals surface area contributed by atoms with Crippen molar-refractivity contribution in [2.45, 2.75) is 71.4 Å². The van der Waals surface area contributed by atoms with Crippen LogP contribution < -0.4 is 5.32 Å². The Hall–Kier alpha value is -0.0800. The molecule has 17 heavy (non-hydrogen) atoms. The fourth-order valence-electron chi connectivity index (χ4n) is 3.71. The Bertz CT molecular complexity index is 231. The standard InChI is InChI=1S/C15H30N2/c1-4-17(14-8-11-16-12-14)13-6-5-9-15(2,3)10-7-13/h13-14,16H,4-12H2,1-3H3. The minimum atomic E-state index is 0.585. The second-order valence-electron chi connectivity index (χ2n) is 6.73. The van der Waals surface area contributed by atoms with E-state index in [1.54, 1.807) is 0 Å². The van der Waals surface area contributed by atoms with Gasteiger partial charge in [-0.05, 0) is 50.6 Å². The fraction of sp³-hybridized carbons (Fsp3) is 1.00. The lowest BCUT2D eigenvalue weighted by molar-refractivity contribution is 0.134. The van der Waals surface area contributed by atoms with Gasteiger partial charge in [-0.25, -0.2) is 0 Å². The monoisotopic (exact) mass is 238 g/mol. The first-order valence-electron chi connectivity index (χ1n) is 7.59. The summed E-state index contributed by atoms with van der Waals surface area (Å²) in [4.78, 5) is 2.79. The zero-order valence-electron chi connectivity index (χ0n) is 12.0. The molecule has 1 heterocycles. The minimum absolute atomic E-state index is 0.585. The van der Waals surface area contributed by atoms with Crippen LogP contribution in [0.2, 0.25) is 0 Å². The average Bonchev–Trinajstić information content (AvgIpc) is 2.73. The Kier molecular flexibility index (Phi) is 4.48. The number of rotatable bonds is 3. The lowest BCUT2D eigenvalue weighted by Gasteiger charge is -2.35. The summed E-state index contributed by atoms with van der Waals surface area (Å²) < 4.78 is 0. The van der Waals surface area contributed by atoms with Gasteiger partial charge in [0.15, 0.2) is 0 Å². The minimum Gasteiger partial charge on any atom is -0.315 e. The first-order chi connectivity index (χ1) is 8.12. The van der Waals surface area contributed by atoms with Gasteiger partial charge in [0.25, 0.3) is 0 Å². The van der Waals surface area contributed by atoms with Gasteiger partial charge in [-0.3, -0.25) is 4.90 Å². The van der Waals surface area contributed by atoms with Crippen LogP contribution in [0.3, 0.4) is 0 Å². The predicted octanol–water partition coefficient (Wildman–Crippen LogP) is 3.03. The first kappa shape index (κ1) is 13.4. The highest BCUT2D eigenvalue weighted by Gasteiger charge is 2.31. The molecular weight excluding hydrogens is 208 g/mol. The highest BCUT2D eigenvalue weighted by atomic mass is 15.2. The van der Waals surface area contributed by atoms with Crippen LogP contribution in [0.5, 0.6) is 0 Å². The van der Waals surface area contributed by atoms with Gasteiger partial charge in [0.2, 0.25) is 0 Å². The van der Waals surface area contributed by atoms with Crippen LogP contribution in [0, 0.1) is 5.41 Å². The van der Waals surface area contributed by atoms with Crippen LogP contribution in [0.1, 0.15) is 59.3 Å². The van der Waals surface area contributed by atoms with E-state index >= 15 is 0 Å². The van der Waals surface area contributed by atoms with Gasteiger partial charge in [-0.2, -0.15) is 0 Å². The van der Waals surface area contributed by atoms with Crippen LogP contribution in [-0.2, 0) is 0 Å². The average molecular weight is 238 g/mol.